The Morgan fingerprint density at radius 1 is 1.36 bits per heavy atom. The van der Waals surface area contributed by atoms with E-state index in [0.29, 0.717) is 0 Å². The summed E-state index contributed by atoms with van der Waals surface area (Å²) < 4.78 is 43.2. The fourth-order valence-corrected chi connectivity index (χ4v) is 0.791. The molecule has 0 aliphatic heterocycles. The number of pyridine rings is 1. The number of aromatic amines is 1. The minimum atomic E-state index is -4.84. The number of methoxy groups -OCH3 is 1. The molecule has 0 bridgehead atoms. The van der Waals surface area contributed by atoms with Gasteiger partial charge in [-0.1, -0.05) is 0 Å². The van der Waals surface area contributed by atoms with Crippen LogP contribution in [-0.4, -0.2) is 18.5 Å². The molecule has 0 saturated carbocycles. The molecule has 0 saturated heterocycles. The highest BCUT2D eigenvalue weighted by atomic mass is 19.4. The molecule has 0 aliphatic rings. The number of alkyl halides is 3. The number of halogens is 3. The molecule has 0 radical (unpaired) electrons. The van der Waals surface area contributed by atoms with Gasteiger partial charge in [-0.2, -0.15) is 0 Å². The highest BCUT2D eigenvalue weighted by Crippen LogP contribution is 2.22. The highest BCUT2D eigenvalue weighted by Gasteiger charge is 2.31. The summed E-state index contributed by atoms with van der Waals surface area (Å²) in [5, 5.41) is 0. The van der Waals surface area contributed by atoms with Crippen molar-refractivity contribution in [1.82, 2.24) is 4.98 Å². The third kappa shape index (κ3) is 3.00. The van der Waals surface area contributed by atoms with Gasteiger partial charge < -0.3 is 9.47 Å². The van der Waals surface area contributed by atoms with E-state index in [4.69, 9.17) is 0 Å². The molecule has 4 nitrogen and oxygen atoms in total. The Kier molecular flexibility index (Phi) is 2.68. The molecule has 1 heterocycles. The number of nitrogens with one attached hydrogen (secondary N) is 1. The molecule has 0 aromatic carbocycles. The van der Waals surface area contributed by atoms with Crippen LogP contribution in [-0.2, 0) is 0 Å². The molecule has 14 heavy (non-hydrogen) atoms. The topological polar surface area (TPSA) is 51.3 Å². The van der Waals surface area contributed by atoms with Gasteiger partial charge in [0.25, 0.3) is 5.56 Å². The summed E-state index contributed by atoms with van der Waals surface area (Å²) >= 11 is 0. The van der Waals surface area contributed by atoms with Crippen LogP contribution in [0.4, 0.5) is 13.2 Å². The molecule has 0 aliphatic carbocycles. The summed E-state index contributed by atoms with van der Waals surface area (Å²) in [4.78, 5) is 12.6. The molecule has 1 aromatic heterocycles. The monoisotopic (exact) mass is 209 g/mol. The van der Waals surface area contributed by atoms with Crippen molar-refractivity contribution in [3.63, 3.8) is 0 Å². The molecule has 0 fully saturated rings. The number of H-pyrrole nitrogens is 1. The summed E-state index contributed by atoms with van der Waals surface area (Å²) in [5.74, 6) is -0.713. The van der Waals surface area contributed by atoms with Gasteiger partial charge in [0.15, 0.2) is 0 Å². The van der Waals surface area contributed by atoms with Crippen LogP contribution in [0.15, 0.2) is 16.9 Å². The van der Waals surface area contributed by atoms with E-state index >= 15 is 0 Å². The molecule has 1 rings (SSSR count). The second kappa shape index (κ2) is 3.60. The quantitative estimate of drug-likeness (QED) is 0.798. The van der Waals surface area contributed by atoms with E-state index in [2.05, 4.69) is 9.47 Å². The summed E-state index contributed by atoms with van der Waals surface area (Å²) in [6.07, 6.45) is -4.84. The Balaban J connectivity index is 2.98. The Labute approximate surface area is 76.3 Å². The molecule has 1 N–H and O–H groups in total. The van der Waals surface area contributed by atoms with Crippen molar-refractivity contribution in [3.05, 3.63) is 22.5 Å². The van der Waals surface area contributed by atoms with Gasteiger partial charge in [-0.15, -0.1) is 13.2 Å². The third-order valence-corrected chi connectivity index (χ3v) is 1.25. The average Bonchev–Trinajstić information content (AvgIpc) is 1.99. The zero-order valence-electron chi connectivity index (χ0n) is 7.01. The van der Waals surface area contributed by atoms with Gasteiger partial charge >= 0.3 is 6.36 Å². The first-order valence-corrected chi connectivity index (χ1v) is 3.45. The molecule has 0 amide bonds. The summed E-state index contributed by atoms with van der Waals surface area (Å²) in [6.45, 7) is 0. The zero-order valence-corrected chi connectivity index (χ0v) is 7.01. The second-order valence-corrected chi connectivity index (χ2v) is 2.30. The van der Waals surface area contributed by atoms with E-state index < -0.39 is 17.8 Å². The molecule has 0 unspecified atom stereocenters. The molecule has 78 valence electrons. The minimum absolute atomic E-state index is 0.00648. The van der Waals surface area contributed by atoms with Crippen LogP contribution in [0.25, 0.3) is 0 Å². The predicted octanol–water partition coefficient (Wildman–Crippen LogP) is 1.28. The lowest BCUT2D eigenvalue weighted by atomic mass is 10.4. The molecule has 0 atom stereocenters. The van der Waals surface area contributed by atoms with Crippen molar-refractivity contribution >= 4 is 0 Å². The Morgan fingerprint density at radius 3 is 2.50 bits per heavy atom. The number of hydrogen-bond donors (Lipinski definition) is 1. The normalized spacial score (nSPS) is 11.1. The van der Waals surface area contributed by atoms with Gasteiger partial charge in [0, 0.05) is 12.1 Å². The largest absolute Gasteiger partial charge is 0.574 e. The first-order valence-electron chi connectivity index (χ1n) is 3.45. The van der Waals surface area contributed by atoms with Crippen molar-refractivity contribution in [2.45, 2.75) is 6.36 Å². The van der Waals surface area contributed by atoms with E-state index in [1.165, 1.54) is 7.11 Å². The Hall–Kier alpha value is -1.66. The van der Waals surface area contributed by atoms with Crippen molar-refractivity contribution in [3.8, 4) is 11.6 Å². The molecule has 7 heteroatoms. The molecule has 0 spiro atoms. The predicted molar refractivity (Wildman–Crippen MR) is 40.3 cm³/mol. The van der Waals surface area contributed by atoms with Crippen LogP contribution in [0.2, 0.25) is 0 Å². The average molecular weight is 209 g/mol. The maximum atomic E-state index is 11.7. The van der Waals surface area contributed by atoms with E-state index in [0.717, 1.165) is 12.1 Å². The number of ether oxygens (including phenoxy) is 2. The third-order valence-electron chi connectivity index (χ3n) is 1.25. The van der Waals surface area contributed by atoms with Crippen LogP contribution >= 0.6 is 0 Å². The van der Waals surface area contributed by atoms with Gasteiger partial charge in [0.05, 0.1) is 7.11 Å². The standard InChI is InChI=1S/C7H6F3NO3/c1-13-4-2-5(12)11-6(3-4)14-7(8,9)10/h2-3H,1H3,(H,11,12). The summed E-state index contributed by atoms with van der Waals surface area (Å²) in [7, 11) is 1.23. The fraction of sp³-hybridized carbons (Fsp3) is 0.286. The maximum absolute atomic E-state index is 11.7. The molecular formula is C7H6F3NO3. The Morgan fingerprint density at radius 2 is 2.00 bits per heavy atom. The second-order valence-electron chi connectivity index (χ2n) is 2.30. The van der Waals surface area contributed by atoms with Crippen LogP contribution in [0.3, 0.4) is 0 Å². The van der Waals surface area contributed by atoms with Gasteiger partial charge in [0.2, 0.25) is 5.88 Å². The van der Waals surface area contributed by atoms with E-state index in [9.17, 15) is 18.0 Å². The Bertz CT molecular complexity index is 371. The lowest BCUT2D eigenvalue weighted by molar-refractivity contribution is -0.276. The SMILES string of the molecule is COc1cc(OC(F)(F)F)[nH]c(=O)c1. The first kappa shape index (κ1) is 10.4. The van der Waals surface area contributed by atoms with Crippen molar-refractivity contribution in [2.75, 3.05) is 7.11 Å². The molecular weight excluding hydrogens is 203 g/mol. The van der Waals surface area contributed by atoms with E-state index in [-0.39, 0.29) is 5.75 Å². The van der Waals surface area contributed by atoms with Crippen LogP contribution in [0.5, 0.6) is 11.6 Å². The van der Waals surface area contributed by atoms with E-state index in [1.807, 2.05) is 4.98 Å². The van der Waals surface area contributed by atoms with Crippen LogP contribution in [0, 0.1) is 0 Å². The summed E-state index contributed by atoms with van der Waals surface area (Å²) in [5.41, 5.74) is -0.733. The fourth-order valence-electron chi connectivity index (χ4n) is 0.791. The maximum Gasteiger partial charge on any atom is 0.574 e. The number of rotatable bonds is 2. The number of hydrogen-bond acceptors (Lipinski definition) is 3. The lowest BCUT2D eigenvalue weighted by Crippen LogP contribution is -2.20. The lowest BCUT2D eigenvalue weighted by Gasteiger charge is -2.08. The minimum Gasteiger partial charge on any atom is -0.496 e. The molecule has 1 aromatic rings. The summed E-state index contributed by atoms with van der Waals surface area (Å²) in [6, 6.07) is 1.93. The van der Waals surface area contributed by atoms with Gasteiger partial charge in [0.1, 0.15) is 5.75 Å². The van der Waals surface area contributed by atoms with Crippen LogP contribution < -0.4 is 15.0 Å². The smallest absolute Gasteiger partial charge is 0.496 e. The van der Waals surface area contributed by atoms with Gasteiger partial charge in [-0.3, -0.25) is 9.78 Å². The van der Waals surface area contributed by atoms with Gasteiger partial charge in [-0.25, -0.2) is 0 Å². The van der Waals surface area contributed by atoms with Crippen molar-refractivity contribution in [2.24, 2.45) is 0 Å². The zero-order chi connectivity index (χ0) is 10.8. The number of aromatic nitrogens is 1. The van der Waals surface area contributed by atoms with Crippen LogP contribution in [0.1, 0.15) is 0 Å². The van der Waals surface area contributed by atoms with E-state index in [1.54, 1.807) is 0 Å². The van der Waals surface area contributed by atoms with Gasteiger partial charge in [-0.05, 0) is 0 Å². The first-order chi connectivity index (χ1) is 6.40. The van der Waals surface area contributed by atoms with Crippen molar-refractivity contribution in [1.29, 1.82) is 0 Å². The van der Waals surface area contributed by atoms with Crippen molar-refractivity contribution < 1.29 is 22.6 Å². The highest BCUT2D eigenvalue weighted by molar-refractivity contribution is 5.26.